The Labute approximate surface area is 68.5 Å². The van der Waals surface area contributed by atoms with Gasteiger partial charge in [-0.2, -0.15) is 0 Å². The molecule has 0 aromatic heterocycles. The van der Waals surface area contributed by atoms with Crippen LogP contribution in [0.3, 0.4) is 0 Å². The Morgan fingerprint density at radius 2 is 2.18 bits per heavy atom. The summed E-state index contributed by atoms with van der Waals surface area (Å²) in [5.41, 5.74) is 0. The van der Waals surface area contributed by atoms with Gasteiger partial charge in [0.1, 0.15) is 0 Å². The molecule has 0 bridgehead atoms. The van der Waals surface area contributed by atoms with E-state index in [2.05, 4.69) is 22.1 Å². The number of nitrogens with one attached hydrogen (secondary N) is 2. The van der Waals surface area contributed by atoms with E-state index in [1.807, 2.05) is 6.08 Å². The van der Waals surface area contributed by atoms with E-state index in [1.165, 1.54) is 0 Å². The number of nitrogens with zero attached hydrogens (tertiary/aromatic N) is 1. The van der Waals surface area contributed by atoms with Crippen LogP contribution in [0.4, 0.5) is 0 Å². The average molecular weight is 155 g/mol. The SMILES string of the molecule is C=CCNCN1CCNCC1. The van der Waals surface area contributed by atoms with Crippen molar-refractivity contribution in [3.05, 3.63) is 12.7 Å². The molecule has 3 heteroatoms. The first-order valence-electron chi connectivity index (χ1n) is 4.18. The third-order valence-electron chi connectivity index (χ3n) is 1.83. The van der Waals surface area contributed by atoms with Crippen LogP contribution in [0.15, 0.2) is 12.7 Å². The fourth-order valence-electron chi connectivity index (χ4n) is 1.19. The molecule has 0 amide bonds. The third kappa shape index (κ3) is 3.51. The van der Waals surface area contributed by atoms with Crippen molar-refractivity contribution < 1.29 is 0 Å². The molecule has 2 N–H and O–H groups in total. The summed E-state index contributed by atoms with van der Waals surface area (Å²) in [5, 5.41) is 6.60. The second-order valence-corrected chi connectivity index (χ2v) is 2.77. The fraction of sp³-hybridized carbons (Fsp3) is 0.750. The van der Waals surface area contributed by atoms with Crippen LogP contribution in [0.5, 0.6) is 0 Å². The minimum absolute atomic E-state index is 0.907. The second-order valence-electron chi connectivity index (χ2n) is 2.77. The van der Waals surface area contributed by atoms with E-state index >= 15 is 0 Å². The number of rotatable bonds is 4. The van der Waals surface area contributed by atoms with Gasteiger partial charge in [-0.25, -0.2) is 0 Å². The molecule has 0 aromatic carbocycles. The maximum Gasteiger partial charge on any atom is 0.0483 e. The zero-order chi connectivity index (χ0) is 7.94. The van der Waals surface area contributed by atoms with Crippen LogP contribution in [-0.4, -0.2) is 44.3 Å². The molecular formula is C8H17N3. The fourth-order valence-corrected chi connectivity index (χ4v) is 1.19. The van der Waals surface area contributed by atoms with Crippen molar-refractivity contribution in [1.29, 1.82) is 0 Å². The molecule has 1 aliphatic heterocycles. The molecular weight excluding hydrogens is 138 g/mol. The van der Waals surface area contributed by atoms with Crippen molar-refractivity contribution in [2.75, 3.05) is 39.4 Å². The third-order valence-corrected chi connectivity index (χ3v) is 1.83. The zero-order valence-corrected chi connectivity index (χ0v) is 6.97. The molecule has 0 aromatic rings. The van der Waals surface area contributed by atoms with Gasteiger partial charge in [-0.3, -0.25) is 4.90 Å². The zero-order valence-electron chi connectivity index (χ0n) is 6.97. The Morgan fingerprint density at radius 3 is 2.82 bits per heavy atom. The number of hydrogen-bond acceptors (Lipinski definition) is 3. The van der Waals surface area contributed by atoms with Gasteiger partial charge in [0.25, 0.3) is 0 Å². The Morgan fingerprint density at radius 1 is 1.45 bits per heavy atom. The molecule has 1 fully saturated rings. The van der Waals surface area contributed by atoms with Crippen LogP contribution in [0, 0.1) is 0 Å². The van der Waals surface area contributed by atoms with Crippen molar-refractivity contribution in [3.63, 3.8) is 0 Å². The molecule has 11 heavy (non-hydrogen) atoms. The minimum atomic E-state index is 0.907. The van der Waals surface area contributed by atoms with Gasteiger partial charge in [0.15, 0.2) is 0 Å². The lowest BCUT2D eigenvalue weighted by Crippen LogP contribution is -2.47. The van der Waals surface area contributed by atoms with Crippen LogP contribution in [0.2, 0.25) is 0 Å². The minimum Gasteiger partial charge on any atom is -0.314 e. The molecule has 0 saturated carbocycles. The Bertz CT molecular complexity index is 108. The van der Waals surface area contributed by atoms with Crippen LogP contribution in [-0.2, 0) is 0 Å². The van der Waals surface area contributed by atoms with E-state index < -0.39 is 0 Å². The lowest BCUT2D eigenvalue weighted by atomic mass is 10.4. The van der Waals surface area contributed by atoms with E-state index in [1.54, 1.807) is 0 Å². The molecule has 0 spiro atoms. The highest BCUT2D eigenvalue weighted by Gasteiger charge is 2.06. The summed E-state index contributed by atoms with van der Waals surface area (Å²) >= 11 is 0. The molecule has 64 valence electrons. The number of hydrogen-bond donors (Lipinski definition) is 2. The van der Waals surface area contributed by atoms with Gasteiger partial charge in [0.2, 0.25) is 0 Å². The molecule has 1 saturated heterocycles. The Hall–Kier alpha value is -0.380. The summed E-state index contributed by atoms with van der Waals surface area (Å²) in [6, 6.07) is 0. The van der Waals surface area contributed by atoms with Gasteiger partial charge in [0.05, 0.1) is 0 Å². The first-order chi connectivity index (χ1) is 5.43. The highest BCUT2D eigenvalue weighted by atomic mass is 15.2. The maximum atomic E-state index is 3.65. The molecule has 1 heterocycles. The van der Waals surface area contributed by atoms with Crippen LogP contribution in [0.25, 0.3) is 0 Å². The molecule has 0 atom stereocenters. The van der Waals surface area contributed by atoms with Crippen molar-refractivity contribution in [3.8, 4) is 0 Å². The normalized spacial score (nSPS) is 20.0. The predicted octanol–water partition coefficient (Wildman–Crippen LogP) is -0.375. The molecule has 1 rings (SSSR count). The van der Waals surface area contributed by atoms with E-state index in [-0.39, 0.29) is 0 Å². The lowest BCUT2D eigenvalue weighted by Gasteiger charge is -2.27. The number of piperazine rings is 1. The van der Waals surface area contributed by atoms with Crippen molar-refractivity contribution in [1.82, 2.24) is 15.5 Å². The summed E-state index contributed by atoms with van der Waals surface area (Å²) in [7, 11) is 0. The highest BCUT2D eigenvalue weighted by molar-refractivity contribution is 4.71. The van der Waals surface area contributed by atoms with Gasteiger partial charge >= 0.3 is 0 Å². The van der Waals surface area contributed by atoms with Gasteiger partial charge in [0, 0.05) is 39.4 Å². The monoisotopic (exact) mass is 155 g/mol. The molecule has 3 nitrogen and oxygen atoms in total. The summed E-state index contributed by atoms with van der Waals surface area (Å²) in [4.78, 5) is 2.40. The molecule has 0 unspecified atom stereocenters. The van der Waals surface area contributed by atoms with E-state index in [0.717, 1.165) is 39.4 Å². The summed E-state index contributed by atoms with van der Waals surface area (Å²) in [6.07, 6.45) is 1.89. The van der Waals surface area contributed by atoms with E-state index in [4.69, 9.17) is 0 Å². The molecule has 0 aliphatic carbocycles. The van der Waals surface area contributed by atoms with Crippen LogP contribution >= 0.6 is 0 Å². The van der Waals surface area contributed by atoms with E-state index in [0.29, 0.717) is 0 Å². The molecule has 1 aliphatic rings. The van der Waals surface area contributed by atoms with Crippen LogP contribution < -0.4 is 10.6 Å². The van der Waals surface area contributed by atoms with Gasteiger partial charge in [-0.05, 0) is 0 Å². The topological polar surface area (TPSA) is 27.3 Å². The van der Waals surface area contributed by atoms with Gasteiger partial charge < -0.3 is 10.6 Å². The van der Waals surface area contributed by atoms with Crippen molar-refractivity contribution in [2.24, 2.45) is 0 Å². The van der Waals surface area contributed by atoms with Gasteiger partial charge in [-0.1, -0.05) is 6.08 Å². The summed E-state index contributed by atoms with van der Waals surface area (Å²) in [6.45, 7) is 10.1. The summed E-state index contributed by atoms with van der Waals surface area (Å²) in [5.74, 6) is 0. The quantitative estimate of drug-likeness (QED) is 0.428. The van der Waals surface area contributed by atoms with Crippen molar-refractivity contribution >= 4 is 0 Å². The van der Waals surface area contributed by atoms with Gasteiger partial charge in [-0.15, -0.1) is 6.58 Å². The second kappa shape index (κ2) is 5.29. The maximum absolute atomic E-state index is 3.65. The largest absolute Gasteiger partial charge is 0.314 e. The summed E-state index contributed by atoms with van der Waals surface area (Å²) < 4.78 is 0. The van der Waals surface area contributed by atoms with E-state index in [9.17, 15) is 0 Å². The van der Waals surface area contributed by atoms with Crippen LogP contribution in [0.1, 0.15) is 0 Å². The Kier molecular flexibility index (Phi) is 4.19. The van der Waals surface area contributed by atoms with Crippen molar-refractivity contribution in [2.45, 2.75) is 0 Å². The average Bonchev–Trinajstić information content (AvgIpc) is 2.07. The standard InChI is InChI=1S/C8H17N3/c1-2-3-10-8-11-6-4-9-5-7-11/h2,9-10H,1,3-8H2. The highest BCUT2D eigenvalue weighted by Crippen LogP contribution is 1.88. The lowest BCUT2D eigenvalue weighted by molar-refractivity contribution is 0.227. The smallest absolute Gasteiger partial charge is 0.0483 e. The Balaban J connectivity index is 2.00. The first kappa shape index (κ1) is 8.71. The first-order valence-corrected chi connectivity index (χ1v) is 4.18. The molecule has 0 radical (unpaired) electrons. The predicted molar refractivity (Wildman–Crippen MR) is 47.5 cm³/mol.